The van der Waals surface area contributed by atoms with Crippen molar-refractivity contribution in [2.45, 2.75) is 32.0 Å². The largest absolute Gasteiger partial charge is 0.394 e. The summed E-state index contributed by atoms with van der Waals surface area (Å²) in [5.41, 5.74) is -0.190. The highest BCUT2D eigenvalue weighted by Gasteiger charge is 2.15. The summed E-state index contributed by atoms with van der Waals surface area (Å²) in [6.45, 7) is 4.39. The molecule has 0 aliphatic heterocycles. The predicted octanol–water partition coefficient (Wildman–Crippen LogP) is 0.171. The van der Waals surface area contributed by atoms with Crippen LogP contribution < -0.4 is 0 Å². The maximum atomic E-state index is 8.94. The fourth-order valence-electron chi connectivity index (χ4n) is 0.692. The van der Waals surface area contributed by atoms with Crippen LogP contribution in [0.15, 0.2) is 0 Å². The number of rotatable bonds is 7. The van der Waals surface area contributed by atoms with Crippen LogP contribution in [0.3, 0.4) is 0 Å². The van der Waals surface area contributed by atoms with E-state index in [4.69, 9.17) is 19.7 Å². The van der Waals surface area contributed by atoms with Crippen molar-refractivity contribution in [2.75, 3.05) is 26.9 Å². The predicted molar refractivity (Wildman–Crippen MR) is 49.6 cm³/mol. The van der Waals surface area contributed by atoms with E-state index in [2.05, 4.69) is 0 Å². The third-order valence-corrected chi connectivity index (χ3v) is 1.92. The Hall–Kier alpha value is -0.160. The standard InChI is InChI=1S/C9H20O4/c1-9(2,12-3)4-5-13-7-8(11)6-10/h8,10-11H,4-7H2,1-3H3. The minimum absolute atomic E-state index is 0.177. The molecular weight excluding hydrogens is 172 g/mol. The average Bonchev–Trinajstić information content (AvgIpc) is 2.12. The van der Waals surface area contributed by atoms with Crippen molar-refractivity contribution < 1.29 is 19.7 Å². The Morgan fingerprint density at radius 1 is 1.38 bits per heavy atom. The first-order valence-corrected chi connectivity index (χ1v) is 4.43. The molecule has 0 heterocycles. The van der Waals surface area contributed by atoms with Gasteiger partial charge in [0.2, 0.25) is 0 Å². The van der Waals surface area contributed by atoms with Crippen molar-refractivity contribution in [3.63, 3.8) is 0 Å². The maximum Gasteiger partial charge on any atom is 0.100 e. The van der Waals surface area contributed by atoms with Crippen LogP contribution in [0, 0.1) is 0 Å². The van der Waals surface area contributed by atoms with Gasteiger partial charge < -0.3 is 19.7 Å². The van der Waals surface area contributed by atoms with Gasteiger partial charge in [0.25, 0.3) is 0 Å². The van der Waals surface area contributed by atoms with E-state index in [-0.39, 0.29) is 18.8 Å². The van der Waals surface area contributed by atoms with Gasteiger partial charge in [0.1, 0.15) is 6.10 Å². The molecule has 0 saturated carbocycles. The Morgan fingerprint density at radius 2 is 2.00 bits per heavy atom. The second-order valence-electron chi connectivity index (χ2n) is 3.63. The molecule has 1 atom stereocenters. The zero-order valence-corrected chi connectivity index (χ0v) is 8.62. The van der Waals surface area contributed by atoms with Gasteiger partial charge in [0.05, 0.1) is 18.8 Å². The van der Waals surface area contributed by atoms with Gasteiger partial charge in [-0.1, -0.05) is 0 Å². The second kappa shape index (κ2) is 6.32. The minimum atomic E-state index is -0.773. The van der Waals surface area contributed by atoms with E-state index in [1.54, 1.807) is 7.11 Å². The molecule has 13 heavy (non-hydrogen) atoms. The monoisotopic (exact) mass is 192 g/mol. The second-order valence-corrected chi connectivity index (χ2v) is 3.63. The topological polar surface area (TPSA) is 58.9 Å². The van der Waals surface area contributed by atoms with Crippen molar-refractivity contribution >= 4 is 0 Å². The minimum Gasteiger partial charge on any atom is -0.394 e. The summed E-state index contributed by atoms with van der Waals surface area (Å²) in [5, 5.41) is 17.4. The lowest BCUT2D eigenvalue weighted by atomic mass is 10.1. The molecule has 0 radical (unpaired) electrons. The third-order valence-electron chi connectivity index (χ3n) is 1.92. The lowest BCUT2D eigenvalue weighted by Gasteiger charge is -2.22. The first-order valence-electron chi connectivity index (χ1n) is 4.43. The molecule has 0 bridgehead atoms. The SMILES string of the molecule is COC(C)(C)CCOCC(O)CO. The number of hydrogen-bond acceptors (Lipinski definition) is 4. The van der Waals surface area contributed by atoms with E-state index in [0.29, 0.717) is 6.61 Å². The quantitative estimate of drug-likeness (QED) is 0.565. The van der Waals surface area contributed by atoms with Gasteiger partial charge in [-0.3, -0.25) is 0 Å². The highest BCUT2D eigenvalue weighted by atomic mass is 16.5. The summed E-state index contributed by atoms with van der Waals surface area (Å²) in [6, 6.07) is 0. The Labute approximate surface area is 79.5 Å². The summed E-state index contributed by atoms with van der Waals surface area (Å²) in [6.07, 6.45) is -0.00702. The zero-order valence-electron chi connectivity index (χ0n) is 8.62. The maximum absolute atomic E-state index is 8.94. The van der Waals surface area contributed by atoms with Gasteiger partial charge in [-0.15, -0.1) is 0 Å². The normalized spacial score (nSPS) is 14.5. The molecule has 0 rings (SSSR count). The first kappa shape index (κ1) is 12.8. The summed E-state index contributed by atoms with van der Waals surface area (Å²) < 4.78 is 10.3. The molecule has 2 N–H and O–H groups in total. The van der Waals surface area contributed by atoms with E-state index in [0.717, 1.165) is 6.42 Å². The number of ether oxygens (including phenoxy) is 2. The zero-order chi connectivity index (χ0) is 10.3. The van der Waals surface area contributed by atoms with Crippen LogP contribution >= 0.6 is 0 Å². The molecule has 0 aromatic rings. The van der Waals surface area contributed by atoms with Crippen molar-refractivity contribution in [1.29, 1.82) is 0 Å². The third kappa shape index (κ3) is 6.95. The van der Waals surface area contributed by atoms with Crippen LogP contribution in [0.5, 0.6) is 0 Å². The van der Waals surface area contributed by atoms with Gasteiger partial charge in [-0.2, -0.15) is 0 Å². The molecule has 0 aliphatic carbocycles. The smallest absolute Gasteiger partial charge is 0.100 e. The molecule has 0 fully saturated rings. The van der Waals surface area contributed by atoms with Gasteiger partial charge >= 0.3 is 0 Å². The number of aliphatic hydroxyl groups is 2. The van der Waals surface area contributed by atoms with Crippen LogP contribution in [0.2, 0.25) is 0 Å². The van der Waals surface area contributed by atoms with Gasteiger partial charge in [-0.05, 0) is 20.3 Å². The molecule has 0 aliphatic rings. The molecule has 0 aromatic heterocycles. The number of methoxy groups -OCH3 is 1. The fraction of sp³-hybridized carbons (Fsp3) is 1.00. The Bertz CT molecular complexity index is 125. The Morgan fingerprint density at radius 3 is 2.46 bits per heavy atom. The van der Waals surface area contributed by atoms with Crippen molar-refractivity contribution in [1.82, 2.24) is 0 Å². The summed E-state index contributed by atoms with van der Waals surface area (Å²) in [5.74, 6) is 0. The fourth-order valence-corrected chi connectivity index (χ4v) is 0.692. The first-order chi connectivity index (χ1) is 6.02. The highest BCUT2D eigenvalue weighted by molar-refractivity contribution is 4.66. The number of hydrogen-bond donors (Lipinski definition) is 2. The molecule has 1 unspecified atom stereocenters. The molecule has 80 valence electrons. The van der Waals surface area contributed by atoms with Crippen LogP contribution in [0.1, 0.15) is 20.3 Å². The molecular formula is C9H20O4. The Balaban J connectivity index is 3.35. The van der Waals surface area contributed by atoms with Gasteiger partial charge in [0.15, 0.2) is 0 Å². The average molecular weight is 192 g/mol. The van der Waals surface area contributed by atoms with Crippen LogP contribution in [-0.4, -0.2) is 48.8 Å². The van der Waals surface area contributed by atoms with E-state index in [1.807, 2.05) is 13.8 Å². The summed E-state index contributed by atoms with van der Waals surface area (Å²) in [7, 11) is 1.66. The lowest BCUT2D eigenvalue weighted by Crippen LogP contribution is -2.26. The molecule has 4 nitrogen and oxygen atoms in total. The Kier molecular flexibility index (Phi) is 6.24. The van der Waals surface area contributed by atoms with Crippen LogP contribution in [0.25, 0.3) is 0 Å². The molecule has 0 aromatic carbocycles. The van der Waals surface area contributed by atoms with Crippen molar-refractivity contribution in [3.8, 4) is 0 Å². The summed E-state index contributed by atoms with van der Waals surface area (Å²) >= 11 is 0. The highest BCUT2D eigenvalue weighted by Crippen LogP contribution is 2.12. The molecule has 0 saturated heterocycles. The van der Waals surface area contributed by atoms with Crippen LogP contribution in [0.4, 0.5) is 0 Å². The van der Waals surface area contributed by atoms with E-state index in [9.17, 15) is 0 Å². The molecule has 0 spiro atoms. The van der Waals surface area contributed by atoms with Crippen molar-refractivity contribution in [3.05, 3.63) is 0 Å². The van der Waals surface area contributed by atoms with Gasteiger partial charge in [-0.25, -0.2) is 0 Å². The van der Waals surface area contributed by atoms with E-state index < -0.39 is 6.10 Å². The van der Waals surface area contributed by atoms with Crippen molar-refractivity contribution in [2.24, 2.45) is 0 Å². The lowest BCUT2D eigenvalue weighted by molar-refractivity contribution is -0.0327. The van der Waals surface area contributed by atoms with E-state index in [1.165, 1.54) is 0 Å². The van der Waals surface area contributed by atoms with Crippen LogP contribution in [-0.2, 0) is 9.47 Å². The van der Waals surface area contributed by atoms with E-state index >= 15 is 0 Å². The molecule has 4 heteroatoms. The molecule has 0 amide bonds. The number of aliphatic hydroxyl groups excluding tert-OH is 2. The summed E-state index contributed by atoms with van der Waals surface area (Å²) in [4.78, 5) is 0. The van der Waals surface area contributed by atoms with Gasteiger partial charge in [0, 0.05) is 13.7 Å².